The van der Waals surface area contributed by atoms with E-state index < -0.39 is 11.9 Å². The molecular formula is C30H27NO7. The second-order valence-electron chi connectivity index (χ2n) is 8.91. The van der Waals surface area contributed by atoms with Crippen molar-refractivity contribution in [2.24, 2.45) is 0 Å². The minimum Gasteiger partial charge on any atom is -0.462 e. The van der Waals surface area contributed by atoms with Crippen molar-refractivity contribution in [1.29, 1.82) is 0 Å². The fourth-order valence-electron chi connectivity index (χ4n) is 4.32. The zero-order chi connectivity index (χ0) is 26.6. The summed E-state index contributed by atoms with van der Waals surface area (Å²) >= 11 is 0. The zero-order valence-corrected chi connectivity index (χ0v) is 21.4. The van der Waals surface area contributed by atoms with Crippen LogP contribution in [0.15, 0.2) is 71.2 Å². The van der Waals surface area contributed by atoms with Gasteiger partial charge in [0.25, 0.3) is 0 Å². The molecule has 0 saturated heterocycles. The molecule has 0 saturated carbocycles. The molecule has 0 aliphatic carbocycles. The molecule has 0 spiro atoms. The van der Waals surface area contributed by atoms with E-state index >= 15 is 0 Å². The molecule has 1 aliphatic heterocycles. The maximum absolute atomic E-state index is 13.2. The van der Waals surface area contributed by atoms with E-state index in [1.165, 1.54) is 6.08 Å². The van der Waals surface area contributed by atoms with Crippen LogP contribution in [-0.2, 0) is 16.1 Å². The predicted octanol–water partition coefficient (Wildman–Crippen LogP) is 5.69. The fourth-order valence-corrected chi connectivity index (χ4v) is 4.32. The SMILES string of the molecule is CCOC(=O)c1c(-c2ccccc2)oc2ccc(OC(=O)C=Cc3ccc4c(c3)OCO4)c(CN(C)C)c12. The van der Waals surface area contributed by atoms with Crippen molar-refractivity contribution < 1.29 is 33.0 Å². The molecule has 0 atom stereocenters. The minimum atomic E-state index is -0.563. The standard InChI is InChI=1S/C30H27NO7/c1-4-34-30(33)28-27-21(17-31(2)3)22(13-14-24(27)38-29(28)20-8-6-5-7-9-20)37-26(32)15-11-19-10-12-23-25(16-19)36-18-35-23/h5-16H,4,17-18H2,1-3H3. The Balaban J connectivity index is 1.54. The summed E-state index contributed by atoms with van der Waals surface area (Å²) in [6, 6.07) is 18.2. The van der Waals surface area contributed by atoms with E-state index in [1.54, 1.807) is 37.3 Å². The molecule has 0 N–H and O–H groups in total. The molecule has 0 bridgehead atoms. The molecule has 0 fully saturated rings. The predicted molar refractivity (Wildman–Crippen MR) is 142 cm³/mol. The van der Waals surface area contributed by atoms with Crippen LogP contribution in [0, 0.1) is 0 Å². The van der Waals surface area contributed by atoms with Gasteiger partial charge in [-0.05, 0) is 56.9 Å². The van der Waals surface area contributed by atoms with Crippen LogP contribution in [0.5, 0.6) is 17.2 Å². The number of benzene rings is 3. The van der Waals surface area contributed by atoms with Gasteiger partial charge in [-0.25, -0.2) is 9.59 Å². The van der Waals surface area contributed by atoms with Crippen LogP contribution >= 0.6 is 0 Å². The highest BCUT2D eigenvalue weighted by Crippen LogP contribution is 2.40. The van der Waals surface area contributed by atoms with Crippen molar-refractivity contribution in [3.05, 3.63) is 83.4 Å². The summed E-state index contributed by atoms with van der Waals surface area (Å²) < 4.78 is 28.1. The van der Waals surface area contributed by atoms with E-state index in [4.69, 9.17) is 23.4 Å². The molecule has 0 amide bonds. The topological polar surface area (TPSA) is 87.4 Å². The lowest BCUT2D eigenvalue weighted by atomic mass is 10.0. The maximum Gasteiger partial charge on any atom is 0.342 e. The lowest BCUT2D eigenvalue weighted by Gasteiger charge is -2.15. The van der Waals surface area contributed by atoms with E-state index in [2.05, 4.69) is 0 Å². The molecule has 0 radical (unpaired) electrons. The lowest BCUT2D eigenvalue weighted by molar-refractivity contribution is -0.128. The summed E-state index contributed by atoms with van der Waals surface area (Å²) in [5.74, 6) is 0.962. The molecule has 194 valence electrons. The Kier molecular flexibility index (Phi) is 7.15. The summed E-state index contributed by atoms with van der Waals surface area (Å²) in [6.45, 7) is 2.53. The van der Waals surface area contributed by atoms with Crippen LogP contribution in [0.4, 0.5) is 0 Å². The third-order valence-corrected chi connectivity index (χ3v) is 5.93. The molecule has 8 heteroatoms. The Hall–Kier alpha value is -4.56. The molecule has 8 nitrogen and oxygen atoms in total. The first-order chi connectivity index (χ1) is 18.4. The van der Waals surface area contributed by atoms with E-state index in [-0.39, 0.29) is 13.4 Å². The van der Waals surface area contributed by atoms with Gasteiger partial charge in [-0.2, -0.15) is 0 Å². The molecule has 0 unspecified atom stereocenters. The van der Waals surface area contributed by atoms with E-state index in [9.17, 15) is 9.59 Å². The van der Waals surface area contributed by atoms with Gasteiger partial charge in [0.05, 0.1) is 6.61 Å². The van der Waals surface area contributed by atoms with Gasteiger partial charge in [-0.15, -0.1) is 0 Å². The van der Waals surface area contributed by atoms with Crippen molar-refractivity contribution in [2.45, 2.75) is 13.5 Å². The normalized spacial score (nSPS) is 12.4. The highest BCUT2D eigenvalue weighted by Gasteiger charge is 2.27. The lowest BCUT2D eigenvalue weighted by Crippen LogP contribution is -2.15. The summed E-state index contributed by atoms with van der Waals surface area (Å²) in [5, 5.41) is 0.557. The van der Waals surface area contributed by atoms with E-state index in [0.29, 0.717) is 51.6 Å². The van der Waals surface area contributed by atoms with E-state index in [1.807, 2.05) is 55.4 Å². The molecule has 5 rings (SSSR count). The fraction of sp³-hybridized carbons (Fsp3) is 0.200. The number of furan rings is 1. The third kappa shape index (κ3) is 5.12. The summed E-state index contributed by atoms with van der Waals surface area (Å²) in [4.78, 5) is 28.0. The van der Waals surface area contributed by atoms with Crippen molar-refractivity contribution in [3.63, 3.8) is 0 Å². The monoisotopic (exact) mass is 513 g/mol. The Morgan fingerprint density at radius 2 is 1.79 bits per heavy atom. The van der Waals surface area contributed by atoms with Crippen LogP contribution in [0.25, 0.3) is 28.4 Å². The van der Waals surface area contributed by atoms with Gasteiger partial charge in [0.15, 0.2) is 11.5 Å². The number of carbonyl (C=O) groups excluding carboxylic acids is 2. The minimum absolute atomic E-state index is 0.176. The van der Waals surface area contributed by atoms with Crippen molar-refractivity contribution in [3.8, 4) is 28.6 Å². The maximum atomic E-state index is 13.2. The number of rotatable bonds is 8. The van der Waals surface area contributed by atoms with Crippen LogP contribution < -0.4 is 14.2 Å². The quantitative estimate of drug-likeness (QED) is 0.169. The smallest absolute Gasteiger partial charge is 0.342 e. The highest BCUT2D eigenvalue weighted by molar-refractivity contribution is 6.10. The molecule has 3 aromatic carbocycles. The highest BCUT2D eigenvalue weighted by atomic mass is 16.7. The van der Waals surface area contributed by atoms with Gasteiger partial charge in [-0.3, -0.25) is 0 Å². The van der Waals surface area contributed by atoms with Gasteiger partial charge in [0, 0.05) is 29.1 Å². The average Bonchev–Trinajstić information content (AvgIpc) is 3.54. The Morgan fingerprint density at radius 1 is 1.00 bits per heavy atom. The number of hydrogen-bond acceptors (Lipinski definition) is 8. The number of esters is 2. The number of nitrogens with zero attached hydrogens (tertiary/aromatic N) is 1. The van der Waals surface area contributed by atoms with Crippen LogP contribution in [0.3, 0.4) is 0 Å². The van der Waals surface area contributed by atoms with Crippen molar-refractivity contribution >= 4 is 29.0 Å². The van der Waals surface area contributed by atoms with Crippen LogP contribution in [-0.4, -0.2) is 44.3 Å². The molecule has 2 heterocycles. The van der Waals surface area contributed by atoms with E-state index in [0.717, 1.165) is 11.1 Å². The zero-order valence-electron chi connectivity index (χ0n) is 21.4. The van der Waals surface area contributed by atoms with Crippen molar-refractivity contribution in [2.75, 3.05) is 27.5 Å². The second kappa shape index (κ2) is 10.8. The molecule has 4 aromatic rings. The molecule has 1 aromatic heterocycles. The van der Waals surface area contributed by atoms with Gasteiger partial charge >= 0.3 is 11.9 Å². The number of fused-ring (bicyclic) bond motifs is 2. The van der Waals surface area contributed by atoms with Gasteiger partial charge in [-0.1, -0.05) is 36.4 Å². The Morgan fingerprint density at radius 3 is 2.55 bits per heavy atom. The first-order valence-corrected chi connectivity index (χ1v) is 12.2. The van der Waals surface area contributed by atoms with Gasteiger partial charge in [0.1, 0.15) is 22.7 Å². The Labute approximate surface area is 220 Å². The molecular weight excluding hydrogens is 486 g/mol. The first kappa shape index (κ1) is 25.1. The van der Waals surface area contributed by atoms with Crippen molar-refractivity contribution in [1.82, 2.24) is 4.90 Å². The Bertz CT molecular complexity index is 1520. The van der Waals surface area contributed by atoms with Crippen LogP contribution in [0.1, 0.15) is 28.4 Å². The summed E-state index contributed by atoms with van der Waals surface area (Å²) in [6.07, 6.45) is 2.99. The van der Waals surface area contributed by atoms with Gasteiger partial charge in [0.2, 0.25) is 6.79 Å². The van der Waals surface area contributed by atoms with Crippen LogP contribution in [0.2, 0.25) is 0 Å². The number of hydrogen-bond donors (Lipinski definition) is 0. The number of ether oxygens (including phenoxy) is 4. The largest absolute Gasteiger partial charge is 0.462 e. The van der Waals surface area contributed by atoms with Gasteiger partial charge < -0.3 is 28.3 Å². The molecule has 38 heavy (non-hydrogen) atoms. The molecule has 1 aliphatic rings. The second-order valence-corrected chi connectivity index (χ2v) is 8.91. The third-order valence-electron chi connectivity index (χ3n) is 5.93. The first-order valence-electron chi connectivity index (χ1n) is 12.2. The average molecular weight is 514 g/mol. The number of carbonyl (C=O) groups is 2. The summed E-state index contributed by atoms with van der Waals surface area (Å²) in [5.41, 5.74) is 2.96. The summed E-state index contributed by atoms with van der Waals surface area (Å²) in [7, 11) is 3.79.